The van der Waals surface area contributed by atoms with Gasteiger partial charge in [0.2, 0.25) is 0 Å². The molecule has 0 spiro atoms. The molecule has 0 N–H and O–H groups in total. The summed E-state index contributed by atoms with van der Waals surface area (Å²) in [7, 11) is 1.82. The lowest BCUT2D eigenvalue weighted by atomic mass is 10.1. The van der Waals surface area contributed by atoms with Crippen molar-refractivity contribution < 1.29 is 13.6 Å². The lowest BCUT2D eigenvalue weighted by molar-refractivity contribution is 0.0993. The highest BCUT2D eigenvalue weighted by atomic mass is 32.2. The fourth-order valence-corrected chi connectivity index (χ4v) is 2.47. The second-order valence-electron chi connectivity index (χ2n) is 4.07. The van der Waals surface area contributed by atoms with Crippen LogP contribution in [0.4, 0.5) is 8.78 Å². The lowest BCUT2D eigenvalue weighted by Gasteiger charge is -2.10. The van der Waals surface area contributed by atoms with Gasteiger partial charge < -0.3 is 4.57 Å². The van der Waals surface area contributed by atoms with Gasteiger partial charge in [0.15, 0.2) is 22.6 Å². The fourth-order valence-electron chi connectivity index (χ4n) is 1.56. The van der Waals surface area contributed by atoms with E-state index in [1.54, 1.807) is 23.9 Å². The van der Waals surface area contributed by atoms with Crippen molar-refractivity contribution in [1.29, 1.82) is 0 Å². The minimum Gasteiger partial charge on any atom is -0.329 e. The van der Waals surface area contributed by atoms with Crippen LogP contribution in [0.2, 0.25) is 0 Å². The number of aryl methyl sites for hydroxylation is 1. The van der Waals surface area contributed by atoms with E-state index in [0.29, 0.717) is 5.16 Å². The minimum atomic E-state index is -1.01. The van der Waals surface area contributed by atoms with E-state index in [1.165, 1.54) is 17.8 Å². The Morgan fingerprint density at radius 2 is 2.11 bits per heavy atom. The van der Waals surface area contributed by atoms with Crippen molar-refractivity contribution in [1.82, 2.24) is 9.55 Å². The molecule has 19 heavy (non-hydrogen) atoms. The Hall–Kier alpha value is -1.69. The molecule has 1 aromatic carbocycles. The van der Waals surface area contributed by atoms with Crippen molar-refractivity contribution >= 4 is 17.5 Å². The molecule has 0 amide bonds. The number of thioether (sulfide) groups is 1. The van der Waals surface area contributed by atoms with Gasteiger partial charge in [-0.15, -0.1) is 0 Å². The lowest BCUT2D eigenvalue weighted by Crippen LogP contribution is -2.14. The number of imidazole rings is 1. The van der Waals surface area contributed by atoms with Gasteiger partial charge in [-0.05, 0) is 25.1 Å². The molecular weight excluding hydrogens is 270 g/mol. The summed E-state index contributed by atoms with van der Waals surface area (Å²) in [5, 5.41) is 0.273. The molecule has 0 saturated carbocycles. The maximum atomic E-state index is 13.1. The standard InChI is InChI=1S/C13H12F2N2OS/c1-8(19-13-16-5-6-17(13)2)12(18)9-3-4-10(14)11(15)7-9/h3-8H,1-2H3/t8-/m0/s1. The number of Topliss-reactive ketones (excluding diaryl/α,β-unsaturated/α-hetero) is 1. The molecule has 0 aliphatic rings. The van der Waals surface area contributed by atoms with Crippen molar-refractivity contribution in [3.63, 3.8) is 0 Å². The first-order valence-electron chi connectivity index (χ1n) is 5.62. The van der Waals surface area contributed by atoms with Gasteiger partial charge in [0.05, 0.1) is 5.25 Å². The Kier molecular flexibility index (Phi) is 3.99. The van der Waals surface area contributed by atoms with Gasteiger partial charge in [-0.3, -0.25) is 4.79 Å². The average molecular weight is 282 g/mol. The molecule has 2 aromatic rings. The molecule has 0 saturated heterocycles. The first kappa shape index (κ1) is 13.7. The van der Waals surface area contributed by atoms with Crippen LogP contribution in [-0.4, -0.2) is 20.6 Å². The van der Waals surface area contributed by atoms with E-state index in [-0.39, 0.29) is 11.3 Å². The Labute approximate surface area is 113 Å². The molecular formula is C13H12F2N2OS. The van der Waals surface area contributed by atoms with Gasteiger partial charge in [0.1, 0.15) is 0 Å². The summed E-state index contributed by atoms with van der Waals surface area (Å²) in [6.07, 6.45) is 3.41. The predicted molar refractivity (Wildman–Crippen MR) is 69.2 cm³/mol. The second kappa shape index (κ2) is 5.52. The molecule has 0 aliphatic carbocycles. The molecule has 1 atom stereocenters. The number of carbonyl (C=O) groups is 1. The smallest absolute Gasteiger partial charge is 0.176 e. The molecule has 6 heteroatoms. The number of aromatic nitrogens is 2. The SMILES string of the molecule is C[C@H](Sc1nccn1C)C(=O)c1ccc(F)c(F)c1. The molecule has 100 valence electrons. The third kappa shape index (κ3) is 3.01. The van der Waals surface area contributed by atoms with E-state index in [4.69, 9.17) is 0 Å². The summed E-state index contributed by atoms with van der Waals surface area (Å²) in [5.74, 6) is -2.23. The number of benzene rings is 1. The summed E-state index contributed by atoms with van der Waals surface area (Å²) < 4.78 is 27.7. The first-order chi connectivity index (χ1) is 8.99. The first-order valence-corrected chi connectivity index (χ1v) is 6.50. The largest absolute Gasteiger partial charge is 0.329 e. The second-order valence-corrected chi connectivity index (χ2v) is 5.38. The molecule has 0 fully saturated rings. The van der Waals surface area contributed by atoms with E-state index < -0.39 is 16.9 Å². The van der Waals surface area contributed by atoms with Crippen molar-refractivity contribution in [3.8, 4) is 0 Å². The van der Waals surface area contributed by atoms with Crippen LogP contribution in [0.15, 0.2) is 35.7 Å². The maximum Gasteiger partial charge on any atom is 0.176 e. The van der Waals surface area contributed by atoms with Crippen molar-refractivity contribution in [2.75, 3.05) is 0 Å². The summed E-state index contributed by atoms with van der Waals surface area (Å²) in [6, 6.07) is 3.17. The number of hydrogen-bond donors (Lipinski definition) is 0. The zero-order valence-electron chi connectivity index (χ0n) is 10.4. The van der Waals surface area contributed by atoms with Gasteiger partial charge in [-0.25, -0.2) is 13.8 Å². The fraction of sp³-hybridized carbons (Fsp3) is 0.231. The van der Waals surface area contributed by atoms with Crippen LogP contribution in [0.1, 0.15) is 17.3 Å². The number of ketones is 1. The highest BCUT2D eigenvalue weighted by molar-refractivity contribution is 8.00. The molecule has 0 radical (unpaired) electrons. The molecule has 1 aromatic heterocycles. The number of nitrogens with zero attached hydrogens (tertiary/aromatic N) is 2. The molecule has 0 aliphatic heterocycles. The summed E-state index contributed by atoms with van der Waals surface area (Å²) in [6.45, 7) is 1.71. The summed E-state index contributed by atoms with van der Waals surface area (Å²) in [5.41, 5.74) is 0.160. The summed E-state index contributed by atoms with van der Waals surface area (Å²) in [4.78, 5) is 16.2. The van der Waals surface area contributed by atoms with Crippen LogP contribution in [0.5, 0.6) is 0 Å². The van der Waals surface area contributed by atoms with Crippen molar-refractivity contribution in [2.45, 2.75) is 17.3 Å². The Balaban J connectivity index is 2.15. The zero-order chi connectivity index (χ0) is 14.0. The van der Waals surface area contributed by atoms with Crippen molar-refractivity contribution in [2.24, 2.45) is 7.05 Å². The molecule has 2 rings (SSSR count). The van der Waals surface area contributed by atoms with Crippen LogP contribution in [0.3, 0.4) is 0 Å². The molecule has 3 nitrogen and oxygen atoms in total. The van der Waals surface area contributed by atoms with E-state index in [1.807, 2.05) is 7.05 Å². The van der Waals surface area contributed by atoms with Gasteiger partial charge >= 0.3 is 0 Å². The third-order valence-corrected chi connectivity index (χ3v) is 3.80. The van der Waals surface area contributed by atoms with Crippen LogP contribution in [0, 0.1) is 11.6 Å². The Morgan fingerprint density at radius 3 is 2.68 bits per heavy atom. The van der Waals surface area contributed by atoms with E-state index in [9.17, 15) is 13.6 Å². The molecule has 0 bridgehead atoms. The van der Waals surface area contributed by atoms with E-state index in [0.717, 1.165) is 12.1 Å². The molecule has 1 heterocycles. The van der Waals surface area contributed by atoms with E-state index >= 15 is 0 Å². The maximum absolute atomic E-state index is 13.1. The molecule has 0 unspecified atom stereocenters. The van der Waals surface area contributed by atoms with Gasteiger partial charge in [-0.2, -0.15) is 0 Å². The van der Waals surface area contributed by atoms with Gasteiger partial charge in [-0.1, -0.05) is 11.8 Å². The van der Waals surface area contributed by atoms with E-state index in [2.05, 4.69) is 4.98 Å². The number of rotatable bonds is 4. The Bertz CT molecular complexity index is 612. The summed E-state index contributed by atoms with van der Waals surface area (Å²) >= 11 is 1.28. The van der Waals surface area contributed by atoms with Crippen molar-refractivity contribution in [3.05, 3.63) is 47.8 Å². The minimum absolute atomic E-state index is 0.160. The predicted octanol–water partition coefficient (Wildman–Crippen LogP) is 3.06. The van der Waals surface area contributed by atoms with Gasteiger partial charge in [0, 0.05) is 25.0 Å². The highest BCUT2D eigenvalue weighted by Crippen LogP contribution is 2.24. The van der Waals surface area contributed by atoms with Crippen LogP contribution in [0.25, 0.3) is 0 Å². The van der Waals surface area contributed by atoms with Crippen LogP contribution >= 0.6 is 11.8 Å². The third-order valence-electron chi connectivity index (χ3n) is 2.63. The monoisotopic (exact) mass is 282 g/mol. The topological polar surface area (TPSA) is 34.9 Å². The number of hydrogen-bond acceptors (Lipinski definition) is 3. The quantitative estimate of drug-likeness (QED) is 0.638. The Morgan fingerprint density at radius 1 is 1.37 bits per heavy atom. The normalized spacial score (nSPS) is 12.4. The van der Waals surface area contributed by atoms with Crippen LogP contribution < -0.4 is 0 Å². The average Bonchev–Trinajstić information content (AvgIpc) is 2.77. The number of carbonyl (C=O) groups excluding carboxylic acids is 1. The number of halogens is 2. The van der Waals surface area contributed by atoms with Crippen LogP contribution in [-0.2, 0) is 7.05 Å². The van der Waals surface area contributed by atoms with Gasteiger partial charge in [0.25, 0.3) is 0 Å². The highest BCUT2D eigenvalue weighted by Gasteiger charge is 2.19. The zero-order valence-corrected chi connectivity index (χ0v) is 11.2.